The number of rotatable bonds is 2. The molecule has 5 aliphatic rings. The summed E-state index contributed by atoms with van der Waals surface area (Å²) in [7, 11) is 0. The molecule has 5 heteroatoms. The van der Waals surface area contributed by atoms with Crippen molar-refractivity contribution in [3.8, 4) is 0 Å². The van der Waals surface area contributed by atoms with E-state index in [4.69, 9.17) is 9.26 Å². The van der Waals surface area contributed by atoms with Crippen LogP contribution in [0.25, 0.3) is 0 Å². The number of fused-ring (bicyclic) bond motifs is 8. The maximum absolute atomic E-state index is 12.8. The quantitative estimate of drug-likeness (QED) is 0.364. The molecule has 1 N–H and O–H groups in total. The molecule has 5 aliphatic carbocycles. The Balaban J connectivity index is 1.37. The van der Waals surface area contributed by atoms with E-state index < -0.39 is 5.60 Å². The zero-order valence-electron chi connectivity index (χ0n) is 27.6. The van der Waals surface area contributed by atoms with E-state index in [1.165, 1.54) is 44.1 Å². The monoisotopic (exact) mass is 564 g/mol. The number of alkyl carbamates (subject to hydrolysis) is 1. The Morgan fingerprint density at radius 3 is 2.49 bits per heavy atom. The third-order valence-electron chi connectivity index (χ3n) is 14.1. The smallest absolute Gasteiger partial charge is 0.407 e. The number of nitrogens with zero attached hydrogens (tertiary/aromatic N) is 1. The van der Waals surface area contributed by atoms with Crippen molar-refractivity contribution in [1.29, 1.82) is 0 Å². The maximum atomic E-state index is 12.8. The second kappa shape index (κ2) is 9.11. The lowest BCUT2D eigenvalue weighted by molar-refractivity contribution is -0.163. The first-order valence-electron chi connectivity index (χ1n) is 16.6. The normalized spacial score (nSPS) is 44.7. The van der Waals surface area contributed by atoms with E-state index in [0.717, 1.165) is 25.1 Å². The molecule has 9 atom stereocenters. The minimum atomic E-state index is -0.480. The summed E-state index contributed by atoms with van der Waals surface area (Å²) in [6, 6.07) is 0. The highest BCUT2D eigenvalue weighted by atomic mass is 16.6. The van der Waals surface area contributed by atoms with E-state index in [-0.39, 0.29) is 33.2 Å². The summed E-state index contributed by atoms with van der Waals surface area (Å²) in [6.45, 7) is 24.3. The van der Waals surface area contributed by atoms with Crippen LogP contribution < -0.4 is 5.32 Å². The van der Waals surface area contributed by atoms with E-state index in [1.807, 2.05) is 27.0 Å². The van der Waals surface area contributed by atoms with Crippen LogP contribution in [0.4, 0.5) is 4.79 Å². The Kier molecular flexibility index (Phi) is 6.51. The number of amides is 1. The predicted octanol–water partition coefficient (Wildman–Crippen LogP) is 8.87. The van der Waals surface area contributed by atoms with Crippen LogP contribution in [-0.2, 0) is 16.6 Å². The van der Waals surface area contributed by atoms with Crippen LogP contribution in [0.2, 0.25) is 0 Å². The fraction of sp³-hybridized carbons (Fsp3) is 0.833. The summed E-state index contributed by atoms with van der Waals surface area (Å²) >= 11 is 0. The van der Waals surface area contributed by atoms with Crippen molar-refractivity contribution in [2.24, 2.45) is 51.2 Å². The SMILES string of the molecule is C[C@H]1[C@H](C)CC[C@]2(CNC(=O)OC(C)(C)C)CC[C@]3(C)C(=CC[C@@H]4[C@@]5(C)Cc6cnoc6C(C)(C)[C@@H]5CC[C@]43C)[C@H]12. The van der Waals surface area contributed by atoms with Crippen LogP contribution in [0.3, 0.4) is 0 Å². The fourth-order valence-corrected chi connectivity index (χ4v) is 11.8. The van der Waals surface area contributed by atoms with Gasteiger partial charge in [-0.2, -0.15) is 0 Å². The van der Waals surface area contributed by atoms with Gasteiger partial charge in [0.2, 0.25) is 0 Å². The molecule has 1 amide bonds. The average Bonchev–Trinajstić information content (AvgIpc) is 3.34. The zero-order chi connectivity index (χ0) is 29.8. The maximum Gasteiger partial charge on any atom is 0.407 e. The van der Waals surface area contributed by atoms with Gasteiger partial charge >= 0.3 is 6.09 Å². The highest BCUT2D eigenvalue weighted by Gasteiger charge is 2.68. The number of carbonyl (C=O) groups excluding carboxylic acids is 1. The van der Waals surface area contributed by atoms with Crippen molar-refractivity contribution in [3.05, 3.63) is 29.2 Å². The minimum Gasteiger partial charge on any atom is -0.444 e. The molecule has 0 spiro atoms. The molecular formula is C36H56N2O3. The summed E-state index contributed by atoms with van der Waals surface area (Å²) in [5, 5.41) is 7.54. The number of carbonyl (C=O) groups is 1. The van der Waals surface area contributed by atoms with E-state index >= 15 is 0 Å². The van der Waals surface area contributed by atoms with Crippen LogP contribution in [-0.4, -0.2) is 23.4 Å². The van der Waals surface area contributed by atoms with Crippen LogP contribution in [0.5, 0.6) is 0 Å². The third-order valence-corrected chi connectivity index (χ3v) is 14.1. The molecule has 0 bridgehead atoms. The van der Waals surface area contributed by atoms with Crippen molar-refractivity contribution < 1.29 is 14.1 Å². The van der Waals surface area contributed by atoms with Gasteiger partial charge in [0.05, 0.1) is 6.20 Å². The highest BCUT2D eigenvalue weighted by molar-refractivity contribution is 5.67. The standard InChI is InChI=1S/C36H56N2O3/c1-22-13-16-36(21-37-30(39)40-31(3,4)5)18-17-34(9)25(28(36)23(22)2)11-12-27-33(8)19-24-20-38-41-29(24)32(6,7)26(33)14-15-35(27,34)10/h11,20,22-23,26-28H,12-19,21H2,1-10H3,(H,37,39)/t22-,23+,26+,27-,28+,33+,34-,35-,36-/m1/s1. The first-order valence-corrected chi connectivity index (χ1v) is 16.6. The molecule has 0 radical (unpaired) electrons. The van der Waals surface area contributed by atoms with Crippen LogP contribution in [0, 0.1) is 51.2 Å². The number of hydrogen-bond acceptors (Lipinski definition) is 4. The second-order valence-electron chi connectivity index (χ2n) is 17.4. The molecule has 6 rings (SSSR count). The Morgan fingerprint density at radius 1 is 1.05 bits per heavy atom. The Hall–Kier alpha value is -1.78. The van der Waals surface area contributed by atoms with Crippen LogP contribution in [0.1, 0.15) is 126 Å². The van der Waals surface area contributed by atoms with E-state index in [1.54, 1.807) is 5.57 Å². The minimum absolute atomic E-state index is 0.00737. The number of aromatic nitrogens is 1. The van der Waals surface area contributed by atoms with Gasteiger partial charge in [-0.3, -0.25) is 0 Å². The average molecular weight is 565 g/mol. The molecule has 0 aromatic carbocycles. The largest absolute Gasteiger partial charge is 0.444 e. The van der Waals surface area contributed by atoms with Crippen LogP contribution >= 0.6 is 0 Å². The molecule has 228 valence electrons. The van der Waals surface area contributed by atoms with Gasteiger partial charge in [0.25, 0.3) is 0 Å². The molecule has 5 nitrogen and oxygen atoms in total. The topological polar surface area (TPSA) is 64.4 Å². The summed E-state index contributed by atoms with van der Waals surface area (Å²) in [5.74, 6) is 4.18. The summed E-state index contributed by atoms with van der Waals surface area (Å²) in [4.78, 5) is 12.8. The molecule has 41 heavy (non-hydrogen) atoms. The van der Waals surface area contributed by atoms with Crippen molar-refractivity contribution in [2.75, 3.05) is 6.54 Å². The van der Waals surface area contributed by atoms with Crippen LogP contribution in [0.15, 0.2) is 22.4 Å². The number of hydrogen-bond donors (Lipinski definition) is 1. The van der Waals surface area contributed by atoms with Gasteiger partial charge < -0.3 is 14.6 Å². The Bertz CT molecular complexity index is 1240. The molecule has 1 aromatic rings. The van der Waals surface area contributed by atoms with Gasteiger partial charge in [-0.15, -0.1) is 0 Å². The summed E-state index contributed by atoms with van der Waals surface area (Å²) in [6.07, 6.45) is 14.1. The summed E-state index contributed by atoms with van der Waals surface area (Å²) in [5.41, 5.74) is 3.35. The van der Waals surface area contributed by atoms with Gasteiger partial charge in [0.1, 0.15) is 11.4 Å². The molecular weight excluding hydrogens is 508 g/mol. The first kappa shape index (κ1) is 29.3. The lowest BCUT2D eigenvalue weighted by Crippen LogP contribution is -2.65. The number of nitrogens with one attached hydrogen (secondary N) is 1. The molecule has 0 saturated heterocycles. The summed E-state index contributed by atoms with van der Waals surface area (Å²) < 4.78 is 11.6. The van der Waals surface area contributed by atoms with Gasteiger partial charge in [-0.25, -0.2) is 4.79 Å². The second-order valence-corrected chi connectivity index (χ2v) is 17.4. The van der Waals surface area contributed by atoms with Crippen molar-refractivity contribution in [3.63, 3.8) is 0 Å². The molecule has 3 fully saturated rings. The lowest BCUT2D eigenvalue weighted by atomic mass is 9.33. The molecule has 0 aliphatic heterocycles. The van der Waals surface area contributed by atoms with Crippen molar-refractivity contribution in [2.45, 2.75) is 132 Å². The lowest BCUT2D eigenvalue weighted by Gasteiger charge is -2.71. The highest BCUT2D eigenvalue weighted by Crippen LogP contribution is 2.75. The molecule has 3 saturated carbocycles. The van der Waals surface area contributed by atoms with Gasteiger partial charge in [0.15, 0.2) is 0 Å². The fourth-order valence-electron chi connectivity index (χ4n) is 11.8. The van der Waals surface area contributed by atoms with Crippen molar-refractivity contribution in [1.82, 2.24) is 10.5 Å². The number of ether oxygens (including phenoxy) is 1. The van der Waals surface area contributed by atoms with E-state index in [9.17, 15) is 4.79 Å². The van der Waals surface area contributed by atoms with Gasteiger partial charge in [-0.1, -0.05) is 65.3 Å². The van der Waals surface area contributed by atoms with Gasteiger partial charge in [0, 0.05) is 17.5 Å². The number of allylic oxidation sites excluding steroid dienone is 2. The predicted molar refractivity (Wildman–Crippen MR) is 163 cm³/mol. The zero-order valence-corrected chi connectivity index (χ0v) is 27.6. The molecule has 0 unspecified atom stereocenters. The Labute approximate surface area is 249 Å². The van der Waals surface area contributed by atoms with Gasteiger partial charge in [-0.05, 0) is 123 Å². The molecule has 1 heterocycles. The third kappa shape index (κ3) is 4.05. The van der Waals surface area contributed by atoms with E-state index in [2.05, 4.69) is 65.0 Å². The Morgan fingerprint density at radius 2 is 1.78 bits per heavy atom. The molecule has 1 aromatic heterocycles. The first-order chi connectivity index (χ1) is 19.0. The van der Waals surface area contributed by atoms with E-state index in [0.29, 0.717) is 29.6 Å². The van der Waals surface area contributed by atoms with Crippen molar-refractivity contribution >= 4 is 6.09 Å².